The molecule has 0 spiro atoms. The standard InChI is InChI=1S/C22H20N2O4/c1-16-7-9-19(10-8-16)24(12-4-11-23)21(25)15-28-22(26)18-13-17-5-2-3-6-20(17)27-14-18/h2-3,5-10,13H,4,12,14-15H2,1H3. The van der Waals surface area contributed by atoms with Gasteiger partial charge in [0.25, 0.3) is 5.91 Å². The van der Waals surface area contributed by atoms with Crippen LogP contribution in [0.2, 0.25) is 0 Å². The number of para-hydroxylation sites is 1. The lowest BCUT2D eigenvalue weighted by molar-refractivity contribution is -0.144. The van der Waals surface area contributed by atoms with Gasteiger partial charge in [-0.25, -0.2) is 4.79 Å². The number of benzene rings is 2. The quantitative estimate of drug-likeness (QED) is 0.723. The number of ether oxygens (including phenoxy) is 2. The van der Waals surface area contributed by atoms with Crippen molar-refractivity contribution in [2.45, 2.75) is 13.3 Å². The van der Waals surface area contributed by atoms with Gasteiger partial charge in [-0.3, -0.25) is 4.79 Å². The highest BCUT2D eigenvalue weighted by Gasteiger charge is 2.21. The Morgan fingerprint density at radius 3 is 2.68 bits per heavy atom. The van der Waals surface area contributed by atoms with Gasteiger partial charge in [0.15, 0.2) is 6.61 Å². The van der Waals surface area contributed by atoms with Crippen molar-refractivity contribution in [2.24, 2.45) is 0 Å². The molecule has 0 aliphatic carbocycles. The van der Waals surface area contributed by atoms with Crippen molar-refractivity contribution in [1.82, 2.24) is 0 Å². The molecule has 142 valence electrons. The lowest BCUT2D eigenvalue weighted by Crippen LogP contribution is -2.36. The molecule has 1 heterocycles. The number of rotatable bonds is 6. The van der Waals surface area contributed by atoms with Gasteiger partial charge in [-0.05, 0) is 31.2 Å². The highest BCUT2D eigenvalue weighted by Crippen LogP contribution is 2.26. The summed E-state index contributed by atoms with van der Waals surface area (Å²) >= 11 is 0. The van der Waals surface area contributed by atoms with Crippen LogP contribution in [-0.2, 0) is 14.3 Å². The number of nitriles is 1. The number of esters is 1. The van der Waals surface area contributed by atoms with Crippen LogP contribution in [0, 0.1) is 18.3 Å². The van der Waals surface area contributed by atoms with Gasteiger partial charge in [-0.1, -0.05) is 35.9 Å². The van der Waals surface area contributed by atoms with Crippen molar-refractivity contribution in [3.05, 3.63) is 65.2 Å². The molecule has 1 aliphatic heterocycles. The van der Waals surface area contributed by atoms with E-state index in [9.17, 15) is 9.59 Å². The van der Waals surface area contributed by atoms with E-state index in [0.717, 1.165) is 11.1 Å². The van der Waals surface area contributed by atoms with E-state index in [2.05, 4.69) is 0 Å². The van der Waals surface area contributed by atoms with Crippen LogP contribution in [-0.4, -0.2) is 31.6 Å². The summed E-state index contributed by atoms with van der Waals surface area (Å²) in [6.45, 7) is 1.87. The van der Waals surface area contributed by atoms with Gasteiger partial charge in [0.05, 0.1) is 18.1 Å². The normalized spacial score (nSPS) is 12.1. The zero-order valence-corrected chi connectivity index (χ0v) is 15.6. The van der Waals surface area contributed by atoms with Crippen molar-refractivity contribution in [2.75, 3.05) is 24.7 Å². The number of hydrogen-bond acceptors (Lipinski definition) is 5. The maximum absolute atomic E-state index is 12.6. The van der Waals surface area contributed by atoms with Crippen molar-refractivity contribution in [3.63, 3.8) is 0 Å². The van der Waals surface area contributed by atoms with Crippen LogP contribution in [0.15, 0.2) is 54.1 Å². The lowest BCUT2D eigenvalue weighted by atomic mass is 10.1. The molecular weight excluding hydrogens is 356 g/mol. The second-order valence-electron chi connectivity index (χ2n) is 6.36. The molecule has 0 radical (unpaired) electrons. The zero-order chi connectivity index (χ0) is 19.9. The average molecular weight is 376 g/mol. The number of fused-ring (bicyclic) bond motifs is 1. The van der Waals surface area contributed by atoms with Crippen LogP contribution in [0.3, 0.4) is 0 Å². The largest absolute Gasteiger partial charge is 0.488 e. The Hall–Kier alpha value is -3.59. The summed E-state index contributed by atoms with van der Waals surface area (Å²) in [5.74, 6) is -0.269. The number of aryl methyl sites for hydroxylation is 1. The molecule has 1 aliphatic rings. The first-order chi connectivity index (χ1) is 13.6. The molecule has 2 aromatic carbocycles. The van der Waals surface area contributed by atoms with Crippen LogP contribution < -0.4 is 9.64 Å². The first-order valence-electron chi connectivity index (χ1n) is 8.92. The second kappa shape index (κ2) is 8.87. The SMILES string of the molecule is Cc1ccc(N(CCC#N)C(=O)COC(=O)C2=Cc3ccccc3OC2)cc1. The third-order valence-electron chi connectivity index (χ3n) is 4.31. The number of carbonyl (C=O) groups is 2. The molecule has 0 atom stereocenters. The van der Waals surface area contributed by atoms with Crippen LogP contribution in [0.1, 0.15) is 17.5 Å². The fourth-order valence-corrected chi connectivity index (χ4v) is 2.82. The molecule has 0 bridgehead atoms. The summed E-state index contributed by atoms with van der Waals surface area (Å²) in [5.41, 5.74) is 2.87. The van der Waals surface area contributed by atoms with E-state index in [0.29, 0.717) is 17.0 Å². The van der Waals surface area contributed by atoms with Crippen LogP contribution in [0.25, 0.3) is 6.08 Å². The molecule has 6 heteroatoms. The minimum absolute atomic E-state index is 0.0974. The summed E-state index contributed by atoms with van der Waals surface area (Å²) in [4.78, 5) is 26.4. The maximum Gasteiger partial charge on any atom is 0.338 e. The van der Waals surface area contributed by atoms with Crippen molar-refractivity contribution >= 4 is 23.6 Å². The van der Waals surface area contributed by atoms with Gasteiger partial charge < -0.3 is 14.4 Å². The van der Waals surface area contributed by atoms with Gasteiger partial charge >= 0.3 is 5.97 Å². The molecular formula is C22H20N2O4. The summed E-state index contributed by atoms with van der Waals surface area (Å²) in [6, 6.07) is 16.8. The fourth-order valence-electron chi connectivity index (χ4n) is 2.82. The number of carbonyl (C=O) groups excluding carboxylic acids is 2. The Morgan fingerprint density at radius 1 is 1.18 bits per heavy atom. The minimum atomic E-state index is -0.591. The van der Waals surface area contributed by atoms with E-state index in [1.165, 1.54) is 4.90 Å². The topological polar surface area (TPSA) is 79.6 Å². The molecule has 0 saturated carbocycles. The van der Waals surface area contributed by atoms with Crippen molar-refractivity contribution in [3.8, 4) is 11.8 Å². The number of hydrogen-bond donors (Lipinski definition) is 0. The van der Waals surface area contributed by atoms with Gasteiger partial charge in [0, 0.05) is 17.8 Å². The number of amides is 1. The molecule has 0 N–H and O–H groups in total. The third kappa shape index (κ3) is 4.57. The van der Waals surface area contributed by atoms with E-state index < -0.39 is 12.6 Å². The third-order valence-corrected chi connectivity index (χ3v) is 4.31. The second-order valence-corrected chi connectivity index (χ2v) is 6.36. The Bertz CT molecular complexity index is 942. The van der Waals surface area contributed by atoms with E-state index >= 15 is 0 Å². The number of anilines is 1. The molecule has 6 nitrogen and oxygen atoms in total. The van der Waals surface area contributed by atoms with E-state index in [1.54, 1.807) is 18.2 Å². The monoisotopic (exact) mass is 376 g/mol. The Morgan fingerprint density at radius 2 is 1.93 bits per heavy atom. The van der Waals surface area contributed by atoms with Gasteiger partial charge in [0.2, 0.25) is 0 Å². The Labute approximate surface area is 163 Å². The summed E-state index contributed by atoms with van der Waals surface area (Å²) in [6.07, 6.45) is 1.89. The van der Waals surface area contributed by atoms with E-state index in [-0.39, 0.29) is 25.5 Å². The number of nitrogens with zero attached hydrogens (tertiary/aromatic N) is 2. The average Bonchev–Trinajstić information content (AvgIpc) is 2.73. The Balaban J connectivity index is 1.65. The van der Waals surface area contributed by atoms with Gasteiger partial charge in [-0.15, -0.1) is 0 Å². The first kappa shape index (κ1) is 19.2. The summed E-state index contributed by atoms with van der Waals surface area (Å²) < 4.78 is 10.7. The van der Waals surface area contributed by atoms with Crippen molar-refractivity contribution in [1.29, 1.82) is 5.26 Å². The lowest BCUT2D eigenvalue weighted by Gasteiger charge is -2.22. The zero-order valence-electron chi connectivity index (χ0n) is 15.6. The predicted octanol–water partition coefficient (Wildman–Crippen LogP) is 3.26. The van der Waals surface area contributed by atoms with E-state index in [4.69, 9.17) is 14.7 Å². The predicted molar refractivity (Wildman–Crippen MR) is 105 cm³/mol. The van der Waals surface area contributed by atoms with Gasteiger partial charge in [-0.2, -0.15) is 5.26 Å². The molecule has 0 saturated heterocycles. The molecule has 3 rings (SSSR count). The Kier molecular flexibility index (Phi) is 6.07. The molecule has 0 aromatic heterocycles. The molecule has 28 heavy (non-hydrogen) atoms. The maximum atomic E-state index is 12.6. The van der Waals surface area contributed by atoms with Crippen LogP contribution >= 0.6 is 0 Å². The molecule has 1 amide bonds. The van der Waals surface area contributed by atoms with Crippen LogP contribution in [0.5, 0.6) is 5.75 Å². The molecule has 2 aromatic rings. The van der Waals surface area contributed by atoms with E-state index in [1.807, 2.05) is 49.4 Å². The first-order valence-corrected chi connectivity index (χ1v) is 8.92. The summed E-state index contributed by atoms with van der Waals surface area (Å²) in [7, 11) is 0. The smallest absolute Gasteiger partial charge is 0.338 e. The van der Waals surface area contributed by atoms with Gasteiger partial charge in [0.1, 0.15) is 12.4 Å². The highest BCUT2D eigenvalue weighted by molar-refractivity contribution is 5.99. The molecule has 0 fully saturated rings. The fraction of sp³-hybridized carbons (Fsp3) is 0.227. The highest BCUT2D eigenvalue weighted by atomic mass is 16.5. The van der Waals surface area contributed by atoms with Crippen molar-refractivity contribution < 1.29 is 19.1 Å². The molecule has 0 unspecified atom stereocenters. The summed E-state index contributed by atoms with van der Waals surface area (Å²) in [5, 5.41) is 8.86. The minimum Gasteiger partial charge on any atom is -0.488 e. The van der Waals surface area contributed by atoms with Crippen LogP contribution in [0.4, 0.5) is 5.69 Å².